The summed E-state index contributed by atoms with van der Waals surface area (Å²) in [6.45, 7) is 5.56. The molecule has 0 heterocycles. The Labute approximate surface area is 170 Å². The number of halogens is 2. The maximum atomic E-state index is 14.2. The Kier molecular flexibility index (Phi) is 8.00. The van der Waals surface area contributed by atoms with E-state index in [2.05, 4.69) is 5.32 Å². The molecule has 4 nitrogen and oxygen atoms in total. The van der Waals surface area contributed by atoms with E-state index in [9.17, 15) is 14.0 Å². The first-order chi connectivity index (χ1) is 13.3. The number of nitrogens with one attached hydrogen (secondary N) is 1. The molecule has 0 aliphatic carbocycles. The number of carbonyl (C=O) groups is 2. The van der Waals surface area contributed by atoms with Gasteiger partial charge < -0.3 is 10.2 Å². The van der Waals surface area contributed by atoms with Crippen LogP contribution in [0, 0.1) is 5.82 Å². The van der Waals surface area contributed by atoms with Gasteiger partial charge >= 0.3 is 0 Å². The van der Waals surface area contributed by atoms with Gasteiger partial charge in [-0.3, -0.25) is 9.59 Å². The molecule has 2 atom stereocenters. The zero-order valence-corrected chi connectivity index (χ0v) is 17.2. The molecule has 0 saturated heterocycles. The fraction of sp³-hybridized carbons (Fsp3) is 0.364. The summed E-state index contributed by atoms with van der Waals surface area (Å²) < 4.78 is 14.2. The van der Waals surface area contributed by atoms with Crippen LogP contribution in [0.15, 0.2) is 48.5 Å². The number of nitrogens with zero attached hydrogens (tertiary/aromatic N) is 1. The molecule has 0 fully saturated rings. The van der Waals surface area contributed by atoms with Crippen molar-refractivity contribution >= 4 is 23.4 Å². The third-order valence-corrected chi connectivity index (χ3v) is 4.99. The van der Waals surface area contributed by atoms with Gasteiger partial charge in [0.2, 0.25) is 11.8 Å². The fourth-order valence-electron chi connectivity index (χ4n) is 2.74. The molecule has 150 valence electrons. The minimum atomic E-state index is -0.728. The van der Waals surface area contributed by atoms with Gasteiger partial charge in [0.25, 0.3) is 0 Å². The number of hydrogen-bond acceptors (Lipinski definition) is 2. The molecule has 0 bridgehead atoms. The van der Waals surface area contributed by atoms with Crippen molar-refractivity contribution in [3.8, 4) is 0 Å². The molecule has 0 aliphatic heterocycles. The molecule has 0 aliphatic rings. The van der Waals surface area contributed by atoms with E-state index in [-0.39, 0.29) is 30.8 Å². The fourth-order valence-corrected chi connectivity index (χ4v) is 2.86. The van der Waals surface area contributed by atoms with E-state index in [0.29, 0.717) is 10.6 Å². The summed E-state index contributed by atoms with van der Waals surface area (Å²) >= 11 is 5.90. The van der Waals surface area contributed by atoms with Crippen LogP contribution in [0.4, 0.5) is 4.39 Å². The Bertz CT molecular complexity index is 810. The van der Waals surface area contributed by atoms with Crippen molar-refractivity contribution in [2.24, 2.45) is 0 Å². The van der Waals surface area contributed by atoms with Crippen LogP contribution >= 0.6 is 11.6 Å². The van der Waals surface area contributed by atoms with Crippen LogP contribution in [0.5, 0.6) is 0 Å². The summed E-state index contributed by atoms with van der Waals surface area (Å²) in [5, 5.41) is 3.48. The minimum Gasteiger partial charge on any atom is -0.352 e. The van der Waals surface area contributed by atoms with Crippen LogP contribution in [0.1, 0.15) is 38.3 Å². The van der Waals surface area contributed by atoms with Crippen LogP contribution in [0.25, 0.3) is 0 Å². The summed E-state index contributed by atoms with van der Waals surface area (Å²) in [5.74, 6) is -0.908. The van der Waals surface area contributed by atoms with Crippen LogP contribution in [-0.2, 0) is 22.6 Å². The van der Waals surface area contributed by atoms with Crippen LogP contribution in [0.2, 0.25) is 5.02 Å². The molecule has 0 saturated carbocycles. The smallest absolute Gasteiger partial charge is 0.242 e. The molecule has 1 N–H and O–H groups in total. The SMILES string of the molecule is CC[C@H](C)NC(=O)[C@H](C)N(Cc1ccccc1F)C(=O)Cc1ccc(Cl)cc1. The molecule has 2 rings (SSSR count). The first kappa shape index (κ1) is 21.9. The Morgan fingerprint density at radius 1 is 1.11 bits per heavy atom. The van der Waals surface area contributed by atoms with Crippen LogP contribution in [-0.4, -0.2) is 28.8 Å². The van der Waals surface area contributed by atoms with Gasteiger partial charge in [0, 0.05) is 23.2 Å². The van der Waals surface area contributed by atoms with Crippen molar-refractivity contribution in [1.29, 1.82) is 0 Å². The Balaban J connectivity index is 2.23. The van der Waals surface area contributed by atoms with E-state index in [0.717, 1.165) is 12.0 Å². The second-order valence-electron chi connectivity index (χ2n) is 6.91. The highest BCUT2D eigenvalue weighted by molar-refractivity contribution is 6.30. The van der Waals surface area contributed by atoms with Gasteiger partial charge in [-0.15, -0.1) is 0 Å². The molecular weight excluding hydrogens is 379 g/mol. The van der Waals surface area contributed by atoms with Crippen molar-refractivity contribution in [3.63, 3.8) is 0 Å². The topological polar surface area (TPSA) is 49.4 Å². The third-order valence-electron chi connectivity index (χ3n) is 4.74. The molecule has 0 radical (unpaired) electrons. The third kappa shape index (κ3) is 6.06. The molecule has 0 spiro atoms. The van der Waals surface area contributed by atoms with E-state index in [1.807, 2.05) is 13.8 Å². The molecule has 0 aromatic heterocycles. The van der Waals surface area contributed by atoms with Gasteiger partial charge in [-0.2, -0.15) is 0 Å². The van der Waals surface area contributed by atoms with E-state index in [4.69, 9.17) is 11.6 Å². The van der Waals surface area contributed by atoms with E-state index in [1.165, 1.54) is 11.0 Å². The highest BCUT2D eigenvalue weighted by Gasteiger charge is 2.27. The summed E-state index contributed by atoms with van der Waals surface area (Å²) in [6, 6.07) is 12.5. The Morgan fingerprint density at radius 3 is 2.36 bits per heavy atom. The average molecular weight is 405 g/mol. The summed E-state index contributed by atoms with van der Waals surface area (Å²) in [4.78, 5) is 27.0. The zero-order chi connectivity index (χ0) is 20.7. The Hall–Kier alpha value is -2.40. The van der Waals surface area contributed by atoms with Crippen molar-refractivity contribution in [2.75, 3.05) is 0 Å². The summed E-state index contributed by atoms with van der Waals surface area (Å²) in [7, 11) is 0. The Morgan fingerprint density at radius 2 is 1.75 bits per heavy atom. The normalized spacial score (nSPS) is 12.9. The molecule has 6 heteroatoms. The zero-order valence-electron chi connectivity index (χ0n) is 16.4. The maximum Gasteiger partial charge on any atom is 0.242 e. The standard InChI is InChI=1S/C22H26ClFN2O2/c1-4-15(2)25-22(28)16(3)26(14-18-7-5-6-8-20(18)24)21(27)13-17-9-11-19(23)12-10-17/h5-12,15-16H,4,13-14H2,1-3H3,(H,25,28)/t15-,16-/m0/s1. The maximum absolute atomic E-state index is 14.2. The van der Waals surface area contributed by atoms with Gasteiger partial charge in [0.1, 0.15) is 11.9 Å². The number of benzene rings is 2. The highest BCUT2D eigenvalue weighted by Crippen LogP contribution is 2.16. The predicted molar refractivity (Wildman–Crippen MR) is 109 cm³/mol. The highest BCUT2D eigenvalue weighted by atomic mass is 35.5. The van der Waals surface area contributed by atoms with Gasteiger partial charge in [0.05, 0.1) is 6.42 Å². The summed E-state index contributed by atoms with van der Waals surface area (Å²) in [6.07, 6.45) is 0.886. The lowest BCUT2D eigenvalue weighted by molar-refractivity contribution is -0.140. The first-order valence-electron chi connectivity index (χ1n) is 9.39. The van der Waals surface area contributed by atoms with Gasteiger partial charge in [-0.1, -0.05) is 48.9 Å². The first-order valence-corrected chi connectivity index (χ1v) is 9.77. The summed E-state index contributed by atoms with van der Waals surface area (Å²) in [5.41, 5.74) is 1.15. The predicted octanol–water partition coefficient (Wildman–Crippen LogP) is 4.35. The lowest BCUT2D eigenvalue weighted by Crippen LogP contribution is -2.50. The largest absolute Gasteiger partial charge is 0.352 e. The van der Waals surface area contributed by atoms with E-state index < -0.39 is 11.9 Å². The molecular formula is C22H26ClFN2O2. The number of amides is 2. The van der Waals surface area contributed by atoms with Crippen molar-refractivity contribution in [1.82, 2.24) is 10.2 Å². The quantitative estimate of drug-likeness (QED) is 0.710. The van der Waals surface area contributed by atoms with Crippen molar-refractivity contribution < 1.29 is 14.0 Å². The number of carbonyl (C=O) groups excluding carboxylic acids is 2. The molecule has 2 amide bonds. The van der Waals surface area contributed by atoms with E-state index in [1.54, 1.807) is 49.4 Å². The lowest BCUT2D eigenvalue weighted by Gasteiger charge is -2.30. The lowest BCUT2D eigenvalue weighted by atomic mass is 10.1. The van der Waals surface area contributed by atoms with E-state index >= 15 is 0 Å². The van der Waals surface area contributed by atoms with Crippen molar-refractivity contribution in [2.45, 2.75) is 52.2 Å². The van der Waals surface area contributed by atoms with Crippen molar-refractivity contribution in [3.05, 3.63) is 70.5 Å². The van der Waals surface area contributed by atoms with Gasteiger partial charge in [-0.25, -0.2) is 4.39 Å². The molecule has 2 aromatic carbocycles. The molecule has 28 heavy (non-hydrogen) atoms. The van der Waals surface area contributed by atoms with Gasteiger partial charge in [0.15, 0.2) is 0 Å². The second kappa shape index (κ2) is 10.2. The molecule has 2 aromatic rings. The number of hydrogen-bond donors (Lipinski definition) is 1. The minimum absolute atomic E-state index is 0.00312. The monoisotopic (exact) mass is 404 g/mol. The second-order valence-corrected chi connectivity index (χ2v) is 7.35. The van der Waals surface area contributed by atoms with Crippen LogP contribution in [0.3, 0.4) is 0 Å². The number of rotatable bonds is 8. The molecule has 0 unspecified atom stereocenters. The van der Waals surface area contributed by atoms with Crippen LogP contribution < -0.4 is 5.32 Å². The average Bonchev–Trinajstić information content (AvgIpc) is 2.68. The van der Waals surface area contributed by atoms with Gasteiger partial charge in [-0.05, 0) is 44.0 Å².